The molecule has 1 aliphatic rings. The minimum Gasteiger partial charge on any atom is -0.780 e. The molecule has 0 aliphatic carbocycles. The largest absolute Gasteiger partial charge is 0.780 e. The van der Waals surface area contributed by atoms with Crippen LogP contribution in [0.15, 0.2) is 15.8 Å². The first-order valence-electron chi connectivity index (χ1n) is 7.47. The highest BCUT2D eigenvalue weighted by Crippen LogP contribution is 2.35. The summed E-state index contributed by atoms with van der Waals surface area (Å²) < 4.78 is 22.3. The third-order valence-corrected chi connectivity index (χ3v) is 4.40. The van der Waals surface area contributed by atoms with Crippen LogP contribution in [0.25, 0.3) is 0 Å². The van der Waals surface area contributed by atoms with E-state index in [1.165, 1.54) is 17.9 Å². The molecule has 25 heavy (non-hydrogen) atoms. The molecule has 0 amide bonds. The Morgan fingerprint density at radius 1 is 1.52 bits per heavy atom. The van der Waals surface area contributed by atoms with Crippen molar-refractivity contribution in [3.05, 3.63) is 32.6 Å². The molecule has 1 saturated heterocycles. The Morgan fingerprint density at radius 2 is 2.24 bits per heavy atom. The molecule has 0 spiro atoms. The molecule has 0 radical (unpaired) electrons. The summed E-state index contributed by atoms with van der Waals surface area (Å²) in [6, 6.07) is 0. The number of aromatic amines is 1. The molecule has 2 N–H and O–H groups in total. The van der Waals surface area contributed by atoms with Gasteiger partial charge < -0.3 is 28.5 Å². The highest BCUT2D eigenvalue weighted by atomic mass is 32.5. The lowest BCUT2D eigenvalue weighted by Crippen LogP contribution is -2.37. The molecule has 0 aromatic carbocycles. The second-order valence-corrected chi connectivity index (χ2v) is 8.11. The van der Waals surface area contributed by atoms with Crippen molar-refractivity contribution in [3.8, 4) is 0 Å². The van der Waals surface area contributed by atoms with Crippen molar-refractivity contribution >= 4 is 18.5 Å². The number of nitrogens with zero attached hydrogens (tertiary/aromatic N) is 1. The maximum atomic E-state index is 12.1. The average Bonchev–Trinajstić information content (AvgIpc) is 2.92. The molecule has 1 aromatic rings. The number of rotatable bonds is 8. The van der Waals surface area contributed by atoms with Gasteiger partial charge in [-0.2, -0.15) is 0 Å². The molecule has 2 heterocycles. The zero-order valence-corrected chi connectivity index (χ0v) is 15.5. The van der Waals surface area contributed by atoms with E-state index in [0.29, 0.717) is 18.6 Å². The molecular formula is C13H20N2O8PS-. The lowest BCUT2D eigenvalue weighted by molar-refractivity contribution is -0.204. The number of aromatic nitrogens is 2. The first-order valence-corrected chi connectivity index (χ1v) is 10.1. The summed E-state index contributed by atoms with van der Waals surface area (Å²) in [6.45, 7) is -2.09. The Bertz CT molecular complexity index is 744. The van der Waals surface area contributed by atoms with Gasteiger partial charge in [-0.25, -0.2) is 4.79 Å². The molecule has 0 bridgehead atoms. The third kappa shape index (κ3) is 5.80. The van der Waals surface area contributed by atoms with Crippen LogP contribution >= 0.6 is 6.72 Å². The second-order valence-electron chi connectivity index (χ2n) is 5.53. The van der Waals surface area contributed by atoms with Crippen molar-refractivity contribution < 1.29 is 28.5 Å². The minimum absolute atomic E-state index is 0.213. The number of hydrogen-bond acceptors (Lipinski definition) is 8. The van der Waals surface area contributed by atoms with Gasteiger partial charge in [0.1, 0.15) is 12.8 Å². The predicted molar refractivity (Wildman–Crippen MR) is 88.7 cm³/mol. The van der Waals surface area contributed by atoms with Crippen LogP contribution in [0, 0.1) is 6.92 Å². The number of methoxy groups -OCH3 is 1. The Hall–Kier alpha value is -0.910. The summed E-state index contributed by atoms with van der Waals surface area (Å²) in [4.78, 5) is 46.0. The van der Waals surface area contributed by atoms with E-state index in [4.69, 9.17) is 23.6 Å². The lowest BCUT2D eigenvalue weighted by Gasteiger charge is -2.23. The smallest absolute Gasteiger partial charge is 0.330 e. The molecule has 2 rings (SSSR count). The fraction of sp³-hybridized carbons (Fsp3) is 0.692. The minimum atomic E-state index is -4.05. The van der Waals surface area contributed by atoms with Crippen LogP contribution in [0.4, 0.5) is 0 Å². The highest BCUT2D eigenvalue weighted by molar-refractivity contribution is 8.06. The van der Waals surface area contributed by atoms with Crippen molar-refractivity contribution in [2.24, 2.45) is 0 Å². The number of aryl methyl sites for hydroxylation is 1. The molecule has 1 fully saturated rings. The van der Waals surface area contributed by atoms with Gasteiger partial charge in [-0.1, -0.05) is 11.8 Å². The quantitative estimate of drug-likeness (QED) is 0.409. The van der Waals surface area contributed by atoms with E-state index in [9.17, 15) is 14.5 Å². The highest BCUT2D eigenvalue weighted by Gasteiger charge is 2.38. The van der Waals surface area contributed by atoms with Crippen LogP contribution < -0.4 is 16.1 Å². The molecule has 142 valence electrons. The van der Waals surface area contributed by atoms with E-state index in [-0.39, 0.29) is 13.2 Å². The van der Waals surface area contributed by atoms with Crippen LogP contribution in [0.1, 0.15) is 18.2 Å². The molecule has 4 atom stereocenters. The van der Waals surface area contributed by atoms with Gasteiger partial charge in [-0.15, -0.1) is 0 Å². The summed E-state index contributed by atoms with van der Waals surface area (Å²) in [5.41, 5.74) is -0.786. The van der Waals surface area contributed by atoms with Crippen LogP contribution in [0.2, 0.25) is 0 Å². The first-order chi connectivity index (χ1) is 11.7. The van der Waals surface area contributed by atoms with E-state index in [1.807, 2.05) is 0 Å². The zero-order valence-electron chi connectivity index (χ0n) is 13.7. The second kappa shape index (κ2) is 8.65. The standard InChI is InChI=1S/C13H21N2O8PS/c1-8-6-15(13(17)14-11(8)16)12-10(21-4-3-20-2)5-9(23-12)7-22-24(18,19)25/h6,9-10,12H,3-5,7H2,1-2H3,(H,14,16,17)(H2,18,19,25)/p-1/t9-,10-,12+/m0/s1. The summed E-state index contributed by atoms with van der Waals surface area (Å²) >= 11 is 4.30. The number of H-pyrrole nitrogens is 1. The fourth-order valence-corrected chi connectivity index (χ4v) is 2.99. The Balaban J connectivity index is 2.19. The van der Waals surface area contributed by atoms with Gasteiger partial charge in [0.2, 0.25) is 0 Å². The molecular weight excluding hydrogens is 375 g/mol. The van der Waals surface area contributed by atoms with Crippen LogP contribution in [-0.2, 0) is 30.5 Å². The molecule has 1 aliphatic heterocycles. The van der Waals surface area contributed by atoms with Crippen molar-refractivity contribution in [2.45, 2.75) is 31.8 Å². The fourth-order valence-electron chi connectivity index (χ4n) is 2.45. The maximum Gasteiger partial charge on any atom is 0.330 e. The van der Waals surface area contributed by atoms with E-state index in [2.05, 4.69) is 16.8 Å². The molecule has 10 nitrogen and oxygen atoms in total. The van der Waals surface area contributed by atoms with E-state index < -0.39 is 36.4 Å². The normalized spacial score (nSPS) is 25.8. The van der Waals surface area contributed by atoms with Crippen molar-refractivity contribution in [1.29, 1.82) is 0 Å². The van der Waals surface area contributed by atoms with E-state index >= 15 is 0 Å². The summed E-state index contributed by atoms with van der Waals surface area (Å²) in [5, 5.41) is 0. The van der Waals surface area contributed by atoms with Crippen LogP contribution in [0.3, 0.4) is 0 Å². The summed E-state index contributed by atoms with van der Waals surface area (Å²) in [5.74, 6) is 0. The maximum absolute atomic E-state index is 12.1. The van der Waals surface area contributed by atoms with Crippen LogP contribution in [0.5, 0.6) is 0 Å². The molecule has 1 aromatic heterocycles. The molecule has 1 unspecified atom stereocenters. The van der Waals surface area contributed by atoms with Gasteiger partial charge in [-0.3, -0.25) is 14.3 Å². The van der Waals surface area contributed by atoms with Crippen LogP contribution in [-0.4, -0.2) is 53.6 Å². The van der Waals surface area contributed by atoms with Gasteiger partial charge in [0.15, 0.2) is 6.23 Å². The topological polar surface area (TPSA) is 135 Å². The average molecular weight is 395 g/mol. The Labute approximate surface area is 148 Å². The number of nitrogens with one attached hydrogen (secondary N) is 1. The predicted octanol–water partition coefficient (Wildman–Crippen LogP) is -1.24. The number of ether oxygens (including phenoxy) is 3. The molecule has 0 saturated carbocycles. The van der Waals surface area contributed by atoms with Crippen molar-refractivity contribution in [1.82, 2.24) is 9.55 Å². The first kappa shape index (κ1) is 20.4. The van der Waals surface area contributed by atoms with Gasteiger partial charge in [0, 0.05) is 25.3 Å². The monoisotopic (exact) mass is 395 g/mol. The lowest BCUT2D eigenvalue weighted by atomic mass is 10.2. The van der Waals surface area contributed by atoms with Gasteiger partial charge in [-0.05, 0) is 6.92 Å². The summed E-state index contributed by atoms with van der Waals surface area (Å²) in [6.07, 6.45) is -0.258. The van der Waals surface area contributed by atoms with E-state index in [0.717, 1.165) is 0 Å². The van der Waals surface area contributed by atoms with Crippen molar-refractivity contribution in [2.75, 3.05) is 26.9 Å². The Kier molecular flexibility index (Phi) is 7.06. The summed E-state index contributed by atoms with van der Waals surface area (Å²) in [7, 11) is 1.53. The van der Waals surface area contributed by atoms with Gasteiger partial charge in [0.05, 0.1) is 25.9 Å². The third-order valence-electron chi connectivity index (χ3n) is 3.61. The van der Waals surface area contributed by atoms with Gasteiger partial charge >= 0.3 is 5.69 Å². The molecule has 12 heteroatoms. The Morgan fingerprint density at radius 3 is 2.88 bits per heavy atom. The SMILES string of the molecule is COCCO[C@H]1C[C@@H](COP([O-])(O)=S)O[C@H]1n1cc(C)c(=O)[nH]c1=O. The number of hydrogen-bond donors (Lipinski definition) is 2. The van der Waals surface area contributed by atoms with E-state index in [1.54, 1.807) is 6.92 Å². The van der Waals surface area contributed by atoms with Crippen molar-refractivity contribution in [3.63, 3.8) is 0 Å². The zero-order chi connectivity index (χ0) is 18.6. The van der Waals surface area contributed by atoms with Gasteiger partial charge in [0.25, 0.3) is 5.56 Å².